The highest BCUT2D eigenvalue weighted by Crippen LogP contribution is 2.85. The van der Waals surface area contributed by atoms with Gasteiger partial charge < -0.3 is 9.84 Å². The highest BCUT2D eigenvalue weighted by molar-refractivity contribution is 5.81. The number of rotatable bonds is 3. The molecule has 3 rings (SSSR count). The lowest BCUT2D eigenvalue weighted by molar-refractivity contribution is -0.145. The smallest absolute Gasteiger partial charge is 0.309 e. The van der Waals surface area contributed by atoms with Gasteiger partial charge in [-0.25, -0.2) is 0 Å². The van der Waals surface area contributed by atoms with Crippen molar-refractivity contribution >= 4 is 5.97 Å². The Morgan fingerprint density at radius 3 is 2.76 bits per heavy atom. The lowest BCUT2D eigenvalue weighted by Crippen LogP contribution is -2.32. The largest absolute Gasteiger partial charge is 0.469 e. The molecule has 2 bridgehead atoms. The molecular weight excluding hydrogens is 216 g/mol. The van der Waals surface area contributed by atoms with Crippen molar-refractivity contribution in [2.75, 3.05) is 7.11 Å². The molecule has 0 aromatic rings. The molecule has 0 aromatic heterocycles. The second-order valence-electron chi connectivity index (χ2n) is 5.93. The number of aliphatic hydroxyl groups is 1. The first-order chi connectivity index (χ1) is 8.05. The third kappa shape index (κ3) is 0.931. The highest BCUT2D eigenvalue weighted by Gasteiger charge is 2.87. The molecule has 0 amide bonds. The summed E-state index contributed by atoms with van der Waals surface area (Å²) in [4.78, 5) is 12.0. The van der Waals surface area contributed by atoms with E-state index in [0.29, 0.717) is 18.3 Å². The first kappa shape index (κ1) is 11.3. The Kier molecular flexibility index (Phi) is 2.08. The number of esters is 1. The van der Waals surface area contributed by atoms with Crippen molar-refractivity contribution in [3.05, 3.63) is 12.2 Å². The van der Waals surface area contributed by atoms with Crippen LogP contribution in [0.3, 0.4) is 0 Å². The summed E-state index contributed by atoms with van der Waals surface area (Å²) in [6, 6.07) is 0. The Hall–Kier alpha value is -0.830. The van der Waals surface area contributed by atoms with Crippen LogP contribution in [0, 0.1) is 28.6 Å². The zero-order valence-corrected chi connectivity index (χ0v) is 10.6. The summed E-state index contributed by atoms with van der Waals surface area (Å²) in [5.41, 5.74) is -0.316. The average Bonchev–Trinajstić information content (AvgIpc) is 2.68. The van der Waals surface area contributed by atoms with Gasteiger partial charge in [0.25, 0.3) is 0 Å². The fourth-order valence-corrected chi connectivity index (χ4v) is 5.04. The summed E-state index contributed by atoms with van der Waals surface area (Å²) in [6.45, 7) is 4.14. The standard InChI is InChI=1S/C14H20O3/c1-4-10(15)14-9-6-5-8(7-9)13(14,2)11(14)12(16)17-3/h5-6,8-11,15H,4,7H2,1-3H3/t8-,9+,10?,11+,13+,14+/m1/s1. The number of carbonyl (C=O) groups is 1. The van der Waals surface area contributed by atoms with Gasteiger partial charge in [-0.15, -0.1) is 0 Å². The van der Waals surface area contributed by atoms with E-state index in [0.717, 1.165) is 6.42 Å². The van der Waals surface area contributed by atoms with Crippen molar-refractivity contribution < 1.29 is 14.6 Å². The lowest BCUT2D eigenvalue weighted by atomic mass is 9.79. The van der Waals surface area contributed by atoms with Gasteiger partial charge in [0.1, 0.15) is 0 Å². The average molecular weight is 236 g/mol. The van der Waals surface area contributed by atoms with Crippen molar-refractivity contribution in [1.29, 1.82) is 0 Å². The van der Waals surface area contributed by atoms with Gasteiger partial charge >= 0.3 is 5.97 Å². The summed E-state index contributed by atoms with van der Waals surface area (Å²) < 4.78 is 4.94. The summed E-state index contributed by atoms with van der Waals surface area (Å²) >= 11 is 0. The molecule has 1 unspecified atom stereocenters. The third-order valence-electron chi connectivity index (χ3n) is 5.77. The van der Waals surface area contributed by atoms with Crippen molar-refractivity contribution in [3.63, 3.8) is 0 Å². The summed E-state index contributed by atoms with van der Waals surface area (Å²) in [5, 5.41) is 10.4. The van der Waals surface area contributed by atoms with Crippen LogP contribution in [0.1, 0.15) is 26.7 Å². The zero-order valence-electron chi connectivity index (χ0n) is 10.6. The van der Waals surface area contributed by atoms with E-state index in [-0.39, 0.29) is 22.7 Å². The Morgan fingerprint density at radius 1 is 1.53 bits per heavy atom. The molecule has 0 radical (unpaired) electrons. The molecule has 0 spiro atoms. The van der Waals surface area contributed by atoms with Crippen LogP contribution in [0.25, 0.3) is 0 Å². The van der Waals surface area contributed by atoms with E-state index in [1.807, 2.05) is 6.92 Å². The number of hydrogen-bond donors (Lipinski definition) is 1. The predicted octanol–water partition coefficient (Wildman–Crippen LogP) is 1.76. The van der Waals surface area contributed by atoms with E-state index in [1.165, 1.54) is 7.11 Å². The van der Waals surface area contributed by atoms with Crippen LogP contribution >= 0.6 is 0 Å². The minimum Gasteiger partial charge on any atom is -0.469 e. The van der Waals surface area contributed by atoms with Crippen molar-refractivity contribution in [2.24, 2.45) is 28.6 Å². The summed E-state index contributed by atoms with van der Waals surface area (Å²) in [7, 11) is 1.45. The molecule has 3 aliphatic rings. The van der Waals surface area contributed by atoms with Gasteiger partial charge in [0.15, 0.2) is 0 Å². The quantitative estimate of drug-likeness (QED) is 0.600. The topological polar surface area (TPSA) is 46.5 Å². The lowest BCUT2D eigenvalue weighted by Gasteiger charge is -2.28. The molecule has 6 atom stereocenters. The first-order valence-corrected chi connectivity index (χ1v) is 6.49. The summed E-state index contributed by atoms with van der Waals surface area (Å²) in [6.07, 6.45) is 5.85. The van der Waals surface area contributed by atoms with Crippen LogP contribution in [-0.2, 0) is 9.53 Å². The van der Waals surface area contributed by atoms with E-state index >= 15 is 0 Å². The van der Waals surface area contributed by atoms with Crippen molar-refractivity contribution in [3.8, 4) is 0 Å². The van der Waals surface area contributed by atoms with Gasteiger partial charge in [-0.05, 0) is 30.1 Å². The number of aliphatic hydroxyl groups excluding tert-OH is 1. The van der Waals surface area contributed by atoms with Gasteiger partial charge in [-0.3, -0.25) is 4.79 Å². The molecule has 1 N–H and O–H groups in total. The molecule has 0 aromatic carbocycles. The molecule has 3 heteroatoms. The fourth-order valence-electron chi connectivity index (χ4n) is 5.04. The molecule has 17 heavy (non-hydrogen) atoms. The number of methoxy groups -OCH3 is 1. The highest BCUT2D eigenvalue weighted by atomic mass is 16.5. The maximum absolute atomic E-state index is 12.0. The van der Waals surface area contributed by atoms with Crippen molar-refractivity contribution in [1.82, 2.24) is 0 Å². The van der Waals surface area contributed by atoms with Gasteiger partial charge in [0.2, 0.25) is 0 Å². The van der Waals surface area contributed by atoms with Crippen LogP contribution < -0.4 is 0 Å². The normalized spacial score (nSPS) is 51.2. The van der Waals surface area contributed by atoms with E-state index in [9.17, 15) is 9.90 Å². The minimum atomic E-state index is -0.392. The maximum atomic E-state index is 12.0. The number of allylic oxidation sites excluding steroid dienone is 2. The molecule has 0 saturated heterocycles. The third-order valence-corrected chi connectivity index (χ3v) is 5.77. The Bertz CT molecular complexity index is 402. The fraction of sp³-hybridized carbons (Fsp3) is 0.786. The van der Waals surface area contributed by atoms with Crippen LogP contribution in [0.15, 0.2) is 12.2 Å². The van der Waals surface area contributed by atoms with Gasteiger partial charge in [0.05, 0.1) is 19.1 Å². The molecular formula is C14H20O3. The van der Waals surface area contributed by atoms with E-state index in [2.05, 4.69) is 19.1 Å². The summed E-state index contributed by atoms with van der Waals surface area (Å²) in [5.74, 6) is 0.543. The Morgan fingerprint density at radius 2 is 2.18 bits per heavy atom. The van der Waals surface area contributed by atoms with E-state index in [4.69, 9.17) is 4.74 Å². The second kappa shape index (κ2) is 3.14. The number of hydrogen-bond acceptors (Lipinski definition) is 3. The van der Waals surface area contributed by atoms with Gasteiger partial charge in [-0.1, -0.05) is 26.0 Å². The van der Waals surface area contributed by atoms with Crippen LogP contribution in [0.5, 0.6) is 0 Å². The Balaban J connectivity index is 2.04. The minimum absolute atomic E-state index is 0.0745. The van der Waals surface area contributed by atoms with E-state index < -0.39 is 6.10 Å². The van der Waals surface area contributed by atoms with Gasteiger partial charge in [-0.2, -0.15) is 0 Å². The Labute approximate surface area is 102 Å². The maximum Gasteiger partial charge on any atom is 0.309 e. The van der Waals surface area contributed by atoms with Gasteiger partial charge in [0, 0.05) is 5.41 Å². The molecule has 3 aliphatic carbocycles. The molecule has 2 fully saturated rings. The number of fused-ring (bicyclic) bond motifs is 5. The number of ether oxygens (including phenoxy) is 1. The molecule has 0 heterocycles. The molecule has 94 valence electrons. The monoisotopic (exact) mass is 236 g/mol. The van der Waals surface area contributed by atoms with Crippen LogP contribution in [0.4, 0.5) is 0 Å². The first-order valence-electron chi connectivity index (χ1n) is 6.49. The van der Waals surface area contributed by atoms with E-state index in [1.54, 1.807) is 0 Å². The SMILES string of the molecule is CCC(O)[C@]12[C@H]3C=C[C@H](C3)[C@@]1(C)[C@@H]2C(=O)OC. The predicted molar refractivity (Wildman–Crippen MR) is 63.1 cm³/mol. The van der Waals surface area contributed by atoms with Crippen molar-refractivity contribution in [2.45, 2.75) is 32.8 Å². The zero-order chi connectivity index (χ0) is 12.4. The second-order valence-corrected chi connectivity index (χ2v) is 5.93. The molecule has 3 nitrogen and oxygen atoms in total. The molecule has 0 aliphatic heterocycles. The van der Waals surface area contributed by atoms with Crippen LogP contribution in [-0.4, -0.2) is 24.3 Å². The molecule has 2 saturated carbocycles. The van der Waals surface area contributed by atoms with Crippen LogP contribution in [0.2, 0.25) is 0 Å². The number of carbonyl (C=O) groups excluding carboxylic acids is 1.